The van der Waals surface area contributed by atoms with Crippen LogP contribution in [0, 0.1) is 0 Å². The number of carbonyl (C=O) groups is 1. The third-order valence-electron chi connectivity index (χ3n) is 2.47. The number of nitrogens with one attached hydrogen (secondary N) is 1. The fourth-order valence-electron chi connectivity index (χ4n) is 1.46. The monoisotopic (exact) mass is 271 g/mol. The lowest BCUT2D eigenvalue weighted by atomic mass is 10.2. The van der Waals surface area contributed by atoms with E-state index in [-0.39, 0.29) is 22.8 Å². The van der Waals surface area contributed by atoms with Crippen molar-refractivity contribution in [3.8, 4) is 0 Å². The highest BCUT2D eigenvalue weighted by molar-refractivity contribution is 7.91. The van der Waals surface area contributed by atoms with Gasteiger partial charge in [0.15, 0.2) is 9.84 Å². The third kappa shape index (κ3) is 3.54. The molecule has 0 saturated heterocycles. The topological polar surface area (TPSA) is 83.5 Å². The zero-order valence-corrected chi connectivity index (χ0v) is 11.0. The van der Waals surface area contributed by atoms with Crippen molar-refractivity contribution in [1.82, 2.24) is 5.32 Å². The molecule has 0 heterocycles. The van der Waals surface area contributed by atoms with E-state index in [0.717, 1.165) is 0 Å². The summed E-state index contributed by atoms with van der Waals surface area (Å²) in [6.07, 6.45) is 0.439. The van der Waals surface area contributed by atoms with E-state index >= 15 is 0 Å². The van der Waals surface area contributed by atoms with Gasteiger partial charge in [0.05, 0.1) is 16.2 Å². The Morgan fingerprint density at radius 1 is 1.33 bits per heavy atom. The van der Waals surface area contributed by atoms with Crippen LogP contribution < -0.4 is 5.32 Å². The summed E-state index contributed by atoms with van der Waals surface area (Å²) >= 11 is 0. The average molecular weight is 271 g/mol. The summed E-state index contributed by atoms with van der Waals surface area (Å²) in [5, 5.41) is 11.2. The molecule has 1 aromatic carbocycles. The smallest absolute Gasteiger partial charge is 0.252 e. The van der Waals surface area contributed by atoms with Gasteiger partial charge in [-0.15, -0.1) is 0 Å². The van der Waals surface area contributed by atoms with Crippen molar-refractivity contribution in [3.05, 3.63) is 29.8 Å². The van der Waals surface area contributed by atoms with E-state index in [9.17, 15) is 13.2 Å². The van der Waals surface area contributed by atoms with Gasteiger partial charge in [-0.2, -0.15) is 0 Å². The van der Waals surface area contributed by atoms with Crippen LogP contribution in [0.3, 0.4) is 0 Å². The Labute approximate surface area is 107 Å². The number of benzene rings is 1. The van der Waals surface area contributed by atoms with Gasteiger partial charge in [-0.3, -0.25) is 4.79 Å². The lowest BCUT2D eigenvalue weighted by molar-refractivity contribution is 0.0948. The van der Waals surface area contributed by atoms with Gasteiger partial charge in [0.2, 0.25) is 0 Å². The minimum atomic E-state index is -3.41. The van der Waals surface area contributed by atoms with Crippen LogP contribution >= 0.6 is 0 Å². The first-order valence-electron chi connectivity index (χ1n) is 5.73. The molecule has 0 spiro atoms. The molecule has 1 aromatic rings. The fourth-order valence-corrected chi connectivity index (χ4v) is 2.55. The molecule has 0 fully saturated rings. The molecule has 100 valence electrons. The molecule has 0 aliphatic heterocycles. The van der Waals surface area contributed by atoms with Crippen LogP contribution in [0.5, 0.6) is 0 Å². The van der Waals surface area contributed by atoms with E-state index in [4.69, 9.17) is 5.11 Å². The van der Waals surface area contributed by atoms with Crippen LogP contribution in [-0.2, 0) is 9.84 Å². The first kappa shape index (κ1) is 14.7. The lowest BCUT2D eigenvalue weighted by Gasteiger charge is -2.09. The number of carbonyl (C=O) groups excluding carboxylic acids is 1. The number of aliphatic hydroxyl groups is 1. The van der Waals surface area contributed by atoms with Crippen LogP contribution in [0.25, 0.3) is 0 Å². The highest BCUT2D eigenvalue weighted by Crippen LogP contribution is 2.16. The Morgan fingerprint density at radius 2 is 2.00 bits per heavy atom. The van der Waals surface area contributed by atoms with Crippen molar-refractivity contribution < 1.29 is 18.3 Å². The molecular weight excluding hydrogens is 254 g/mol. The summed E-state index contributed by atoms with van der Waals surface area (Å²) in [6.45, 7) is 1.83. The third-order valence-corrected chi connectivity index (χ3v) is 4.25. The van der Waals surface area contributed by atoms with E-state index in [1.54, 1.807) is 12.1 Å². The number of hydrogen-bond donors (Lipinski definition) is 2. The molecule has 5 nitrogen and oxygen atoms in total. The quantitative estimate of drug-likeness (QED) is 0.742. The SMILES string of the molecule is CCS(=O)(=O)c1ccccc1C(=O)NCCCO. The Morgan fingerprint density at radius 3 is 2.61 bits per heavy atom. The standard InChI is InChI=1S/C12H17NO4S/c1-2-18(16,17)11-7-4-3-6-10(11)12(15)13-8-5-9-14/h3-4,6-7,14H,2,5,8-9H2,1H3,(H,13,15). The van der Waals surface area contributed by atoms with Gasteiger partial charge in [0, 0.05) is 13.2 Å². The van der Waals surface area contributed by atoms with Gasteiger partial charge in [-0.25, -0.2) is 8.42 Å². The minimum absolute atomic E-state index is 0.0187. The molecule has 0 radical (unpaired) electrons. The Balaban J connectivity index is 2.99. The van der Waals surface area contributed by atoms with Crippen LogP contribution in [-0.4, -0.2) is 38.3 Å². The predicted molar refractivity (Wildman–Crippen MR) is 68.2 cm³/mol. The summed E-state index contributed by atoms with van der Waals surface area (Å²) in [7, 11) is -3.41. The molecule has 0 aliphatic carbocycles. The van der Waals surface area contributed by atoms with Gasteiger partial charge >= 0.3 is 0 Å². The molecule has 0 unspecified atom stereocenters. The Hall–Kier alpha value is -1.40. The molecule has 0 atom stereocenters. The number of rotatable bonds is 6. The zero-order chi connectivity index (χ0) is 13.6. The van der Waals surface area contributed by atoms with Gasteiger partial charge < -0.3 is 10.4 Å². The van der Waals surface area contributed by atoms with Crippen LogP contribution in [0.4, 0.5) is 0 Å². The van der Waals surface area contributed by atoms with E-state index in [1.165, 1.54) is 19.1 Å². The lowest BCUT2D eigenvalue weighted by Crippen LogP contribution is -2.26. The maximum Gasteiger partial charge on any atom is 0.252 e. The van der Waals surface area contributed by atoms with Gasteiger partial charge in [-0.05, 0) is 18.6 Å². The van der Waals surface area contributed by atoms with E-state index in [1.807, 2.05) is 0 Å². The minimum Gasteiger partial charge on any atom is -0.396 e. The second-order valence-electron chi connectivity index (χ2n) is 3.73. The number of amides is 1. The Bertz CT molecular complexity index is 511. The molecule has 0 aromatic heterocycles. The average Bonchev–Trinajstić information content (AvgIpc) is 2.39. The number of aliphatic hydroxyl groups excluding tert-OH is 1. The number of sulfone groups is 1. The normalized spacial score (nSPS) is 11.2. The van der Waals surface area contributed by atoms with E-state index < -0.39 is 15.7 Å². The van der Waals surface area contributed by atoms with Gasteiger partial charge in [0.1, 0.15) is 0 Å². The van der Waals surface area contributed by atoms with E-state index in [0.29, 0.717) is 13.0 Å². The first-order valence-corrected chi connectivity index (χ1v) is 7.39. The summed E-state index contributed by atoms with van der Waals surface area (Å²) < 4.78 is 23.7. The highest BCUT2D eigenvalue weighted by atomic mass is 32.2. The molecule has 18 heavy (non-hydrogen) atoms. The molecule has 6 heteroatoms. The summed E-state index contributed by atoms with van der Waals surface area (Å²) in [6, 6.07) is 6.12. The molecule has 1 rings (SSSR count). The van der Waals surface area contributed by atoms with Gasteiger partial charge in [-0.1, -0.05) is 19.1 Å². The second-order valence-corrected chi connectivity index (χ2v) is 5.98. The molecule has 0 bridgehead atoms. The van der Waals surface area contributed by atoms with Crippen LogP contribution in [0.1, 0.15) is 23.7 Å². The van der Waals surface area contributed by atoms with Crippen molar-refractivity contribution >= 4 is 15.7 Å². The molecule has 2 N–H and O–H groups in total. The predicted octanol–water partition coefficient (Wildman–Crippen LogP) is 0.592. The molecular formula is C12H17NO4S. The summed E-state index contributed by atoms with van der Waals surface area (Å²) in [4.78, 5) is 11.9. The molecule has 0 aliphatic rings. The van der Waals surface area contributed by atoms with Gasteiger partial charge in [0.25, 0.3) is 5.91 Å². The maximum atomic E-state index is 11.8. The molecule has 1 amide bonds. The zero-order valence-electron chi connectivity index (χ0n) is 10.2. The van der Waals surface area contributed by atoms with Crippen molar-refractivity contribution in [1.29, 1.82) is 0 Å². The number of hydrogen-bond acceptors (Lipinski definition) is 4. The van der Waals surface area contributed by atoms with Crippen LogP contribution in [0.15, 0.2) is 29.2 Å². The first-order chi connectivity index (χ1) is 8.53. The van der Waals surface area contributed by atoms with Crippen molar-refractivity contribution in [2.75, 3.05) is 18.9 Å². The largest absolute Gasteiger partial charge is 0.396 e. The fraction of sp³-hybridized carbons (Fsp3) is 0.417. The summed E-state index contributed by atoms with van der Waals surface area (Å²) in [5.74, 6) is -0.482. The van der Waals surface area contributed by atoms with E-state index in [2.05, 4.69) is 5.32 Å². The maximum absolute atomic E-state index is 11.8. The summed E-state index contributed by atoms with van der Waals surface area (Å²) in [5.41, 5.74) is 0.150. The highest BCUT2D eigenvalue weighted by Gasteiger charge is 2.19. The molecule has 0 saturated carbocycles. The Kier molecular flexibility index (Phi) is 5.30. The second kappa shape index (κ2) is 6.51. The van der Waals surface area contributed by atoms with Crippen LogP contribution in [0.2, 0.25) is 0 Å². The van der Waals surface area contributed by atoms with Crippen molar-refractivity contribution in [3.63, 3.8) is 0 Å². The van der Waals surface area contributed by atoms with Crippen molar-refractivity contribution in [2.45, 2.75) is 18.2 Å². The van der Waals surface area contributed by atoms with Crippen molar-refractivity contribution in [2.24, 2.45) is 0 Å².